The van der Waals surface area contributed by atoms with Gasteiger partial charge in [-0.15, -0.1) is 0 Å². The third-order valence-electron chi connectivity index (χ3n) is 4.16. The average Bonchev–Trinajstić information content (AvgIpc) is 2.74. The van der Waals surface area contributed by atoms with Gasteiger partial charge in [-0.25, -0.2) is 9.59 Å². The van der Waals surface area contributed by atoms with Crippen LogP contribution in [0.5, 0.6) is 11.5 Å². The summed E-state index contributed by atoms with van der Waals surface area (Å²) in [6.07, 6.45) is 0.759. The Bertz CT molecular complexity index is 938. The number of hydrogen-bond acceptors (Lipinski definition) is 5. The van der Waals surface area contributed by atoms with Crippen LogP contribution in [0.3, 0.4) is 0 Å². The number of hydrogen-bond donors (Lipinski definition) is 3. The first kappa shape index (κ1) is 21.7. The van der Waals surface area contributed by atoms with Crippen LogP contribution >= 0.6 is 0 Å². The smallest absolute Gasteiger partial charge is 0.414 e. The molecule has 0 heterocycles. The van der Waals surface area contributed by atoms with Crippen LogP contribution in [0.1, 0.15) is 18.0 Å². The van der Waals surface area contributed by atoms with Gasteiger partial charge in [-0.05, 0) is 29.1 Å². The molecule has 0 spiro atoms. The van der Waals surface area contributed by atoms with Crippen molar-refractivity contribution in [2.75, 3.05) is 13.7 Å². The van der Waals surface area contributed by atoms with Crippen molar-refractivity contribution in [3.63, 3.8) is 0 Å². The summed E-state index contributed by atoms with van der Waals surface area (Å²) in [4.78, 5) is 18.2. The fourth-order valence-electron chi connectivity index (χ4n) is 2.64. The van der Waals surface area contributed by atoms with Gasteiger partial charge in [0, 0.05) is 17.8 Å². The van der Waals surface area contributed by atoms with Gasteiger partial charge in [-0.3, -0.25) is 0 Å². The van der Waals surface area contributed by atoms with E-state index in [1.165, 1.54) is 5.39 Å². The molecule has 7 heteroatoms. The van der Waals surface area contributed by atoms with Crippen molar-refractivity contribution in [1.82, 2.24) is 0 Å². The van der Waals surface area contributed by atoms with Crippen molar-refractivity contribution in [3.05, 3.63) is 72.3 Å². The van der Waals surface area contributed by atoms with Crippen LogP contribution in [-0.2, 0) is 9.59 Å². The van der Waals surface area contributed by atoms with Crippen molar-refractivity contribution in [3.8, 4) is 11.5 Å². The largest absolute Gasteiger partial charge is 0.497 e. The van der Waals surface area contributed by atoms with E-state index in [2.05, 4.69) is 18.2 Å². The first-order valence-corrected chi connectivity index (χ1v) is 8.88. The van der Waals surface area contributed by atoms with E-state index in [0.29, 0.717) is 6.61 Å². The van der Waals surface area contributed by atoms with E-state index in [4.69, 9.17) is 35.0 Å². The van der Waals surface area contributed by atoms with E-state index in [9.17, 15) is 0 Å². The molecule has 7 nitrogen and oxygen atoms in total. The summed E-state index contributed by atoms with van der Waals surface area (Å²) in [5, 5.41) is 17.1. The molecule has 0 saturated heterocycles. The minimum absolute atomic E-state index is 0.0455. The zero-order valence-electron chi connectivity index (χ0n) is 15.9. The second-order valence-electron chi connectivity index (χ2n) is 6.10. The van der Waals surface area contributed by atoms with Gasteiger partial charge in [0.05, 0.1) is 13.7 Å². The molecule has 4 N–H and O–H groups in total. The van der Waals surface area contributed by atoms with E-state index < -0.39 is 11.9 Å². The van der Waals surface area contributed by atoms with E-state index in [-0.39, 0.29) is 6.04 Å². The molecule has 3 rings (SSSR count). The molecule has 0 aliphatic heterocycles. The maximum atomic E-state index is 9.10. The highest BCUT2D eigenvalue weighted by Crippen LogP contribution is 2.26. The lowest BCUT2D eigenvalue weighted by Crippen LogP contribution is -2.14. The maximum Gasteiger partial charge on any atom is 0.414 e. The van der Waals surface area contributed by atoms with Crippen LogP contribution in [0.2, 0.25) is 0 Å². The van der Waals surface area contributed by atoms with Crippen LogP contribution in [0.25, 0.3) is 10.8 Å². The minimum Gasteiger partial charge on any atom is -0.497 e. The second kappa shape index (κ2) is 10.7. The lowest BCUT2D eigenvalue weighted by Gasteiger charge is -2.14. The van der Waals surface area contributed by atoms with Crippen molar-refractivity contribution >= 4 is 22.7 Å². The third-order valence-corrected chi connectivity index (χ3v) is 4.16. The molecule has 0 amide bonds. The number of carboxylic acids is 2. The lowest BCUT2D eigenvalue weighted by molar-refractivity contribution is -0.159. The molecule has 0 radical (unpaired) electrons. The highest BCUT2D eigenvalue weighted by atomic mass is 16.5. The van der Waals surface area contributed by atoms with Crippen LogP contribution in [0.4, 0.5) is 0 Å². The molecular formula is C22H23NO6. The number of benzene rings is 3. The molecule has 29 heavy (non-hydrogen) atoms. The normalized spacial score (nSPS) is 11.1. The van der Waals surface area contributed by atoms with E-state index in [0.717, 1.165) is 28.9 Å². The fourth-order valence-corrected chi connectivity index (χ4v) is 2.64. The summed E-state index contributed by atoms with van der Waals surface area (Å²) < 4.78 is 11.1. The molecule has 152 valence electrons. The van der Waals surface area contributed by atoms with Crippen LogP contribution in [0.15, 0.2) is 66.7 Å². The Kier molecular flexibility index (Phi) is 8.00. The summed E-state index contributed by atoms with van der Waals surface area (Å²) in [5.41, 5.74) is 7.33. The zero-order chi connectivity index (χ0) is 21.2. The van der Waals surface area contributed by atoms with Crippen molar-refractivity contribution < 1.29 is 29.3 Å². The second-order valence-corrected chi connectivity index (χ2v) is 6.10. The molecule has 0 saturated carbocycles. The maximum absolute atomic E-state index is 9.10. The molecule has 1 atom stereocenters. The van der Waals surface area contributed by atoms with Gasteiger partial charge in [-0.2, -0.15) is 0 Å². The Hall–Kier alpha value is -3.58. The zero-order valence-corrected chi connectivity index (χ0v) is 15.9. The van der Waals surface area contributed by atoms with E-state index in [1.54, 1.807) is 7.11 Å². The molecule has 0 aromatic heterocycles. The van der Waals surface area contributed by atoms with E-state index in [1.807, 2.05) is 48.5 Å². The fraction of sp³-hybridized carbons (Fsp3) is 0.182. The summed E-state index contributed by atoms with van der Waals surface area (Å²) in [7, 11) is 1.66. The molecule has 0 aliphatic rings. The van der Waals surface area contributed by atoms with Gasteiger partial charge in [0.25, 0.3) is 0 Å². The Labute approximate surface area is 168 Å². The quantitative estimate of drug-likeness (QED) is 0.545. The van der Waals surface area contributed by atoms with Gasteiger partial charge < -0.3 is 25.4 Å². The number of aliphatic carboxylic acids is 2. The highest BCUT2D eigenvalue weighted by Gasteiger charge is 2.08. The molecule has 0 aliphatic carbocycles. The number of carboxylic acid groups (broad SMARTS) is 2. The SMILES string of the molecule is COc1ccc(C(N)CCOc2cccc3ccccc23)cc1.O=C(O)C(=O)O. The van der Waals surface area contributed by atoms with Gasteiger partial charge >= 0.3 is 11.9 Å². The topological polar surface area (TPSA) is 119 Å². The number of carbonyl (C=O) groups is 2. The van der Waals surface area contributed by atoms with Gasteiger partial charge in [-0.1, -0.05) is 48.5 Å². The standard InChI is InChI=1S/C20H21NO2.C2H2O4/c1-22-17-11-9-16(10-12-17)19(21)13-14-23-20-8-4-6-15-5-2-3-7-18(15)20;3-1(4)2(5)6/h2-12,19H,13-14,21H2,1H3;(H,3,4)(H,5,6). The first-order chi connectivity index (χ1) is 13.9. The Morgan fingerprint density at radius 1 is 0.931 bits per heavy atom. The average molecular weight is 397 g/mol. The van der Waals surface area contributed by atoms with Crippen LogP contribution < -0.4 is 15.2 Å². The van der Waals surface area contributed by atoms with Gasteiger partial charge in [0.1, 0.15) is 11.5 Å². The molecule has 1 unspecified atom stereocenters. The molecule has 0 bridgehead atoms. The molecule has 3 aromatic rings. The first-order valence-electron chi connectivity index (χ1n) is 8.88. The molecule has 0 fully saturated rings. The number of nitrogens with two attached hydrogens (primary N) is 1. The van der Waals surface area contributed by atoms with Crippen molar-refractivity contribution in [2.24, 2.45) is 5.73 Å². The summed E-state index contributed by atoms with van der Waals surface area (Å²) in [6, 6.07) is 22.2. The van der Waals surface area contributed by atoms with Gasteiger partial charge in [0.2, 0.25) is 0 Å². The van der Waals surface area contributed by atoms with Gasteiger partial charge in [0.15, 0.2) is 0 Å². The Balaban J connectivity index is 0.000000438. The van der Waals surface area contributed by atoms with E-state index >= 15 is 0 Å². The van der Waals surface area contributed by atoms with Crippen molar-refractivity contribution in [2.45, 2.75) is 12.5 Å². The number of methoxy groups -OCH3 is 1. The Morgan fingerprint density at radius 3 is 2.17 bits per heavy atom. The van der Waals surface area contributed by atoms with Crippen LogP contribution in [-0.4, -0.2) is 35.9 Å². The third kappa shape index (κ3) is 6.51. The lowest BCUT2D eigenvalue weighted by atomic mass is 10.1. The monoisotopic (exact) mass is 397 g/mol. The Morgan fingerprint density at radius 2 is 1.55 bits per heavy atom. The summed E-state index contributed by atoms with van der Waals surface area (Å²) in [6.45, 7) is 0.585. The predicted octanol–water partition coefficient (Wildman–Crippen LogP) is 3.47. The summed E-state index contributed by atoms with van der Waals surface area (Å²) in [5.74, 6) is -1.90. The number of rotatable bonds is 6. The minimum atomic E-state index is -1.82. The summed E-state index contributed by atoms with van der Waals surface area (Å²) >= 11 is 0. The molecule has 3 aromatic carbocycles. The highest BCUT2D eigenvalue weighted by molar-refractivity contribution is 6.27. The predicted molar refractivity (Wildman–Crippen MR) is 109 cm³/mol. The number of fused-ring (bicyclic) bond motifs is 1. The van der Waals surface area contributed by atoms with Crippen LogP contribution in [0, 0.1) is 0 Å². The molecular weight excluding hydrogens is 374 g/mol. The number of ether oxygens (including phenoxy) is 2. The van der Waals surface area contributed by atoms with Crippen molar-refractivity contribution in [1.29, 1.82) is 0 Å².